The van der Waals surface area contributed by atoms with Gasteiger partial charge in [-0.3, -0.25) is 18.6 Å². The summed E-state index contributed by atoms with van der Waals surface area (Å²) in [6.07, 6.45) is 39.4. The first-order valence-electron chi connectivity index (χ1n) is 22.1. The Balaban J connectivity index is 4.38. The highest BCUT2D eigenvalue weighted by atomic mass is 31.2. The summed E-state index contributed by atoms with van der Waals surface area (Å²) in [6, 6.07) is 0. The van der Waals surface area contributed by atoms with E-state index < -0.39 is 26.5 Å². The Bertz CT molecular complexity index is 980. The van der Waals surface area contributed by atoms with Crippen LogP contribution in [-0.2, 0) is 32.7 Å². The maximum absolute atomic E-state index is 12.7. The van der Waals surface area contributed by atoms with Crippen LogP contribution in [0.25, 0.3) is 0 Å². The van der Waals surface area contributed by atoms with E-state index in [0.717, 1.165) is 44.9 Å². The van der Waals surface area contributed by atoms with Crippen molar-refractivity contribution in [3.05, 3.63) is 24.3 Å². The Kier molecular flexibility index (Phi) is 36.1. The van der Waals surface area contributed by atoms with Crippen molar-refractivity contribution in [2.45, 2.75) is 200 Å². The molecule has 2 atom stereocenters. The number of rotatable bonds is 40. The smallest absolute Gasteiger partial charge is 0.462 e. The maximum Gasteiger partial charge on any atom is 0.472 e. The summed E-state index contributed by atoms with van der Waals surface area (Å²) in [5.41, 5.74) is 0. The number of nitrogens with zero attached hydrogens (tertiary/aromatic N) is 1. The van der Waals surface area contributed by atoms with Gasteiger partial charge in [0.15, 0.2) is 6.10 Å². The summed E-state index contributed by atoms with van der Waals surface area (Å²) in [7, 11) is 1.47. The average molecular weight is 787 g/mol. The highest BCUT2D eigenvalue weighted by Gasteiger charge is 2.27. The first-order chi connectivity index (χ1) is 26.0. The minimum atomic E-state index is -4.38. The number of phosphoric ester groups is 1. The SMILES string of the molecule is CCCCCC/C=C/CCCCCCCCCC(=O)O[C@H](COC(=O)CCCC/C=C/CCCCCCCCCCC)COP(=O)(O)OCC[N+](C)(C)C. The molecule has 0 heterocycles. The van der Waals surface area contributed by atoms with Gasteiger partial charge < -0.3 is 18.9 Å². The van der Waals surface area contributed by atoms with Crippen molar-refractivity contribution in [1.82, 2.24) is 0 Å². The summed E-state index contributed by atoms with van der Waals surface area (Å²) in [5, 5.41) is 0. The van der Waals surface area contributed by atoms with Crippen LogP contribution in [0.2, 0.25) is 0 Å². The zero-order valence-corrected chi connectivity index (χ0v) is 36.6. The van der Waals surface area contributed by atoms with Gasteiger partial charge in [-0.05, 0) is 64.2 Å². The van der Waals surface area contributed by atoms with Crippen molar-refractivity contribution in [3.63, 3.8) is 0 Å². The Labute approximate surface area is 332 Å². The number of carbonyl (C=O) groups excluding carboxylic acids is 2. The van der Waals surface area contributed by atoms with E-state index in [1.807, 2.05) is 21.1 Å². The zero-order valence-electron chi connectivity index (χ0n) is 35.7. The quantitative estimate of drug-likeness (QED) is 0.0215. The van der Waals surface area contributed by atoms with Crippen LogP contribution in [-0.4, -0.2) is 74.9 Å². The lowest BCUT2D eigenvalue weighted by atomic mass is 10.1. The van der Waals surface area contributed by atoms with Crippen molar-refractivity contribution in [1.29, 1.82) is 0 Å². The van der Waals surface area contributed by atoms with Crippen molar-refractivity contribution in [2.75, 3.05) is 47.5 Å². The van der Waals surface area contributed by atoms with Crippen LogP contribution in [0.3, 0.4) is 0 Å². The number of carbonyl (C=O) groups is 2. The third-order valence-electron chi connectivity index (χ3n) is 9.45. The van der Waals surface area contributed by atoms with Gasteiger partial charge >= 0.3 is 19.8 Å². The second-order valence-electron chi connectivity index (χ2n) is 16.1. The number of hydrogen-bond acceptors (Lipinski definition) is 7. The van der Waals surface area contributed by atoms with Gasteiger partial charge in [0.1, 0.15) is 19.8 Å². The van der Waals surface area contributed by atoms with Gasteiger partial charge in [0, 0.05) is 12.8 Å². The molecule has 1 unspecified atom stereocenters. The minimum absolute atomic E-state index is 0.0292. The van der Waals surface area contributed by atoms with Crippen LogP contribution in [0, 0.1) is 0 Å². The first kappa shape index (κ1) is 52.5. The normalized spacial score (nSPS) is 13.8. The largest absolute Gasteiger partial charge is 0.472 e. The monoisotopic (exact) mass is 787 g/mol. The number of phosphoric acid groups is 1. The lowest BCUT2D eigenvalue weighted by molar-refractivity contribution is -0.870. The number of unbranched alkanes of at least 4 members (excludes halogenated alkanes) is 22. The molecule has 0 aromatic heterocycles. The van der Waals surface area contributed by atoms with Gasteiger partial charge in [-0.25, -0.2) is 4.57 Å². The van der Waals surface area contributed by atoms with E-state index in [-0.39, 0.29) is 32.0 Å². The van der Waals surface area contributed by atoms with E-state index in [9.17, 15) is 19.0 Å². The molecule has 0 aliphatic rings. The van der Waals surface area contributed by atoms with Gasteiger partial charge in [0.25, 0.3) is 0 Å². The van der Waals surface area contributed by atoms with Gasteiger partial charge in [0.05, 0.1) is 27.7 Å². The predicted octanol–water partition coefficient (Wildman–Crippen LogP) is 12.4. The molecule has 318 valence electrons. The number of esters is 2. The van der Waals surface area contributed by atoms with Gasteiger partial charge in [-0.1, -0.05) is 141 Å². The number of likely N-dealkylation sites (N-methyl/N-ethyl adjacent to an activating group) is 1. The molecule has 54 heavy (non-hydrogen) atoms. The Morgan fingerprint density at radius 3 is 1.43 bits per heavy atom. The molecule has 0 aliphatic heterocycles. The molecule has 0 saturated carbocycles. The molecule has 0 saturated heterocycles. The molecular formula is C44H85NO8P+. The number of ether oxygens (including phenoxy) is 2. The van der Waals surface area contributed by atoms with Crippen LogP contribution >= 0.6 is 7.82 Å². The molecule has 10 heteroatoms. The fraction of sp³-hybridized carbons (Fsp3) is 0.864. The molecular weight excluding hydrogens is 701 g/mol. The molecule has 0 spiro atoms. The molecule has 0 bridgehead atoms. The van der Waals surface area contributed by atoms with E-state index in [1.165, 1.54) is 109 Å². The van der Waals surface area contributed by atoms with Crippen molar-refractivity contribution < 1.29 is 42.1 Å². The Morgan fingerprint density at radius 1 is 0.556 bits per heavy atom. The molecule has 0 fully saturated rings. The third kappa shape index (κ3) is 40.2. The maximum atomic E-state index is 12.7. The fourth-order valence-electron chi connectivity index (χ4n) is 5.94. The molecule has 0 aromatic carbocycles. The Morgan fingerprint density at radius 2 is 0.944 bits per heavy atom. The minimum Gasteiger partial charge on any atom is -0.462 e. The Hall–Kier alpha value is -1.51. The van der Waals surface area contributed by atoms with E-state index in [4.69, 9.17) is 18.5 Å². The van der Waals surface area contributed by atoms with E-state index in [1.54, 1.807) is 0 Å². The molecule has 0 rings (SSSR count). The predicted molar refractivity (Wildman–Crippen MR) is 224 cm³/mol. The topological polar surface area (TPSA) is 108 Å². The second kappa shape index (κ2) is 37.1. The summed E-state index contributed by atoms with van der Waals surface area (Å²) >= 11 is 0. The second-order valence-corrected chi connectivity index (χ2v) is 17.5. The molecule has 1 N–H and O–H groups in total. The van der Waals surface area contributed by atoms with E-state index in [2.05, 4.69) is 38.2 Å². The number of hydrogen-bond donors (Lipinski definition) is 1. The fourth-order valence-corrected chi connectivity index (χ4v) is 6.69. The number of quaternary nitrogens is 1. The summed E-state index contributed by atoms with van der Waals surface area (Å²) in [5.74, 6) is -0.825. The van der Waals surface area contributed by atoms with Crippen LogP contribution in [0.15, 0.2) is 24.3 Å². The summed E-state index contributed by atoms with van der Waals surface area (Å²) in [4.78, 5) is 35.3. The molecule has 0 aromatic rings. The average Bonchev–Trinajstić information content (AvgIpc) is 3.12. The number of allylic oxidation sites excluding steroid dienone is 4. The van der Waals surface area contributed by atoms with Gasteiger partial charge in [-0.15, -0.1) is 0 Å². The van der Waals surface area contributed by atoms with Crippen LogP contribution in [0.5, 0.6) is 0 Å². The molecule has 0 amide bonds. The highest BCUT2D eigenvalue weighted by molar-refractivity contribution is 7.47. The van der Waals surface area contributed by atoms with Crippen molar-refractivity contribution >= 4 is 19.8 Å². The van der Waals surface area contributed by atoms with Crippen LogP contribution in [0.1, 0.15) is 194 Å². The lowest BCUT2D eigenvalue weighted by Crippen LogP contribution is -2.37. The zero-order chi connectivity index (χ0) is 40.0. The van der Waals surface area contributed by atoms with Crippen LogP contribution in [0.4, 0.5) is 0 Å². The summed E-state index contributed by atoms with van der Waals surface area (Å²) < 4.78 is 34.3. The molecule has 0 radical (unpaired) electrons. The van der Waals surface area contributed by atoms with E-state index in [0.29, 0.717) is 23.9 Å². The van der Waals surface area contributed by atoms with Gasteiger partial charge in [0.2, 0.25) is 0 Å². The highest BCUT2D eigenvalue weighted by Crippen LogP contribution is 2.43. The van der Waals surface area contributed by atoms with Gasteiger partial charge in [-0.2, -0.15) is 0 Å². The lowest BCUT2D eigenvalue weighted by Gasteiger charge is -2.24. The first-order valence-corrected chi connectivity index (χ1v) is 23.6. The van der Waals surface area contributed by atoms with Crippen molar-refractivity contribution in [2.24, 2.45) is 0 Å². The van der Waals surface area contributed by atoms with Crippen molar-refractivity contribution in [3.8, 4) is 0 Å². The standard InChI is InChI=1S/C44H84NO8P/c1-6-8-10-12-14-16-18-20-22-24-26-28-30-32-34-36-43(46)50-40-42(41-52-54(48,49)51-39-38-45(3,4)5)53-44(47)37-35-33-31-29-27-25-23-21-19-17-15-13-11-9-7-2/h17,19,26,28,42H,6-16,18,20-25,27,29-41H2,1-5H3/p+1/b19-17+,28-26+/t42-/m1/s1. The van der Waals surface area contributed by atoms with Crippen LogP contribution < -0.4 is 0 Å². The summed E-state index contributed by atoms with van der Waals surface area (Å²) in [6.45, 7) is 4.39. The third-order valence-corrected chi connectivity index (χ3v) is 10.4. The molecule has 9 nitrogen and oxygen atoms in total. The molecule has 0 aliphatic carbocycles. The van der Waals surface area contributed by atoms with E-state index >= 15 is 0 Å².